The first-order chi connectivity index (χ1) is 19.2. The molecule has 2 aliphatic heterocycles. The van der Waals surface area contributed by atoms with E-state index in [1.165, 1.54) is 48.5 Å². The average molecular weight is 575 g/mol. The number of nitrogens with zero attached hydrogens (tertiary/aromatic N) is 2. The first kappa shape index (κ1) is 25.2. The maximum Gasteiger partial charge on any atom is 0.295 e. The molecule has 0 radical (unpaired) electrons. The van der Waals surface area contributed by atoms with Gasteiger partial charge in [-0.15, -0.1) is 0 Å². The van der Waals surface area contributed by atoms with Crippen molar-refractivity contribution in [1.82, 2.24) is 10.1 Å². The predicted molar refractivity (Wildman–Crippen MR) is 139 cm³/mol. The number of halogens is 2. The molecule has 2 aliphatic rings. The zero-order chi connectivity index (χ0) is 28.3. The highest BCUT2D eigenvalue weighted by Crippen LogP contribution is 2.36. The third-order valence-electron chi connectivity index (χ3n) is 6.37. The minimum absolute atomic E-state index is 0.0367. The van der Waals surface area contributed by atoms with E-state index in [4.69, 9.17) is 32.9 Å². The Morgan fingerprint density at radius 2 is 0.900 bits per heavy atom. The Hall–Kier alpha value is -5.06. The van der Waals surface area contributed by atoms with E-state index in [-0.39, 0.29) is 44.9 Å². The van der Waals surface area contributed by atoms with Gasteiger partial charge in [-0.2, -0.15) is 0 Å². The van der Waals surface area contributed by atoms with Crippen molar-refractivity contribution in [3.8, 4) is 11.5 Å². The molecule has 2 heterocycles. The van der Waals surface area contributed by atoms with Gasteiger partial charge in [0.15, 0.2) is 11.5 Å². The van der Waals surface area contributed by atoms with Crippen molar-refractivity contribution < 1.29 is 38.4 Å². The van der Waals surface area contributed by atoms with Crippen LogP contribution in [0.2, 0.25) is 0 Å². The second-order valence-corrected chi connectivity index (χ2v) is 9.35. The molecule has 0 aliphatic carbocycles. The summed E-state index contributed by atoms with van der Waals surface area (Å²) in [6.07, 6.45) is 0. The maximum absolute atomic E-state index is 13.0. The molecule has 10 nitrogen and oxygen atoms in total. The quantitative estimate of drug-likeness (QED) is 0.238. The molecule has 0 aromatic heterocycles. The van der Waals surface area contributed by atoms with Crippen molar-refractivity contribution >= 4 is 68.1 Å². The Labute approximate surface area is 234 Å². The van der Waals surface area contributed by atoms with Crippen LogP contribution in [-0.4, -0.2) is 44.2 Å². The zero-order valence-corrected chi connectivity index (χ0v) is 21.4. The molecule has 0 bridgehead atoms. The number of rotatable bonds is 6. The molecule has 4 amide bonds. The molecule has 0 fully saturated rings. The summed E-state index contributed by atoms with van der Waals surface area (Å²) in [6.45, 7) is 0. The fourth-order valence-electron chi connectivity index (χ4n) is 4.46. The van der Waals surface area contributed by atoms with Gasteiger partial charge in [-0.3, -0.25) is 28.8 Å². The Morgan fingerprint density at radius 1 is 0.525 bits per heavy atom. The standard InChI is InChI=1S/C28H12Cl2N2O8/c29-23(33)13-7-9-17-19(11-13)27(37)31(25(17)35)39-21-5-1-3-15-16(21)4-2-6-22(15)40-32-26(36)18-10-8-14(24(30)34)12-20(18)28(32)38/h1-12H. The zero-order valence-electron chi connectivity index (χ0n) is 19.8. The first-order valence-corrected chi connectivity index (χ1v) is 12.2. The molecule has 6 rings (SSSR count). The lowest BCUT2D eigenvalue weighted by Crippen LogP contribution is -2.33. The number of carbonyl (C=O) groups excluding carboxylic acids is 6. The van der Waals surface area contributed by atoms with E-state index in [1.54, 1.807) is 24.3 Å². The summed E-state index contributed by atoms with van der Waals surface area (Å²) in [5.41, 5.74) is 0.111. The van der Waals surface area contributed by atoms with E-state index in [1.807, 2.05) is 0 Å². The second-order valence-electron chi connectivity index (χ2n) is 8.67. The first-order valence-electron chi connectivity index (χ1n) is 11.5. The highest BCUT2D eigenvalue weighted by atomic mass is 35.5. The lowest BCUT2D eigenvalue weighted by molar-refractivity contribution is -0.0145. The molecule has 196 valence electrons. The largest absolute Gasteiger partial charge is 0.368 e. The van der Waals surface area contributed by atoms with Crippen LogP contribution in [0.25, 0.3) is 10.8 Å². The van der Waals surface area contributed by atoms with Crippen LogP contribution in [-0.2, 0) is 0 Å². The van der Waals surface area contributed by atoms with E-state index in [9.17, 15) is 28.8 Å². The Bertz CT molecular complexity index is 1730. The van der Waals surface area contributed by atoms with Crippen LogP contribution in [0, 0.1) is 0 Å². The van der Waals surface area contributed by atoms with Crippen molar-refractivity contribution in [2.75, 3.05) is 0 Å². The van der Waals surface area contributed by atoms with Crippen molar-refractivity contribution in [2.24, 2.45) is 0 Å². The molecule has 4 aromatic carbocycles. The fourth-order valence-corrected chi connectivity index (χ4v) is 4.69. The second kappa shape index (κ2) is 9.30. The predicted octanol–water partition coefficient (Wildman–Crippen LogP) is 4.78. The van der Waals surface area contributed by atoms with Crippen LogP contribution in [0.3, 0.4) is 0 Å². The Kier molecular flexibility index (Phi) is 5.86. The van der Waals surface area contributed by atoms with Gasteiger partial charge in [0.25, 0.3) is 34.1 Å². The van der Waals surface area contributed by atoms with Crippen LogP contribution in [0.4, 0.5) is 0 Å². The number of amides is 4. The van der Waals surface area contributed by atoms with Gasteiger partial charge in [-0.1, -0.05) is 34.4 Å². The van der Waals surface area contributed by atoms with Crippen molar-refractivity contribution in [1.29, 1.82) is 0 Å². The summed E-state index contributed by atoms with van der Waals surface area (Å²) in [5, 5.41) is 0.342. The SMILES string of the molecule is O=C(Cl)c1ccc2c(c1)C(=O)N(Oc1cccc3c(ON4C(=O)c5ccc(C(=O)Cl)cc5C4=O)cccc13)C2=O. The summed E-state index contributed by atoms with van der Waals surface area (Å²) in [5.74, 6) is -2.86. The summed E-state index contributed by atoms with van der Waals surface area (Å²) in [4.78, 5) is 86.2. The van der Waals surface area contributed by atoms with E-state index < -0.39 is 34.1 Å². The van der Waals surface area contributed by atoms with Crippen LogP contribution >= 0.6 is 23.2 Å². The van der Waals surface area contributed by atoms with Crippen molar-refractivity contribution in [3.63, 3.8) is 0 Å². The van der Waals surface area contributed by atoms with Gasteiger partial charge >= 0.3 is 0 Å². The third kappa shape index (κ3) is 3.89. The number of carbonyl (C=O) groups is 6. The van der Waals surface area contributed by atoms with Crippen LogP contribution < -0.4 is 9.68 Å². The lowest BCUT2D eigenvalue weighted by atomic mass is 10.1. The summed E-state index contributed by atoms with van der Waals surface area (Å²) in [7, 11) is 0. The Morgan fingerprint density at radius 3 is 1.27 bits per heavy atom. The van der Waals surface area contributed by atoms with Gasteiger partial charge in [-0.05, 0) is 71.7 Å². The van der Waals surface area contributed by atoms with Gasteiger partial charge in [0, 0.05) is 21.9 Å². The van der Waals surface area contributed by atoms with E-state index in [2.05, 4.69) is 0 Å². The van der Waals surface area contributed by atoms with Gasteiger partial charge in [-0.25, -0.2) is 0 Å². The van der Waals surface area contributed by atoms with E-state index in [0.717, 1.165) is 0 Å². The highest BCUT2D eigenvalue weighted by Gasteiger charge is 2.40. The number of hydroxylamine groups is 4. The number of benzene rings is 4. The Balaban J connectivity index is 1.31. The molecule has 0 unspecified atom stereocenters. The number of imide groups is 2. The highest BCUT2D eigenvalue weighted by molar-refractivity contribution is 6.68. The number of fused-ring (bicyclic) bond motifs is 3. The summed E-state index contributed by atoms with van der Waals surface area (Å²) < 4.78 is 0. The number of hydrogen-bond donors (Lipinski definition) is 0. The van der Waals surface area contributed by atoms with Crippen molar-refractivity contribution in [3.05, 3.63) is 106 Å². The van der Waals surface area contributed by atoms with Crippen molar-refractivity contribution in [2.45, 2.75) is 0 Å². The molecule has 0 atom stereocenters. The van der Waals surface area contributed by atoms with E-state index in [0.29, 0.717) is 20.9 Å². The van der Waals surface area contributed by atoms with E-state index >= 15 is 0 Å². The normalized spacial score (nSPS) is 14.1. The molecular formula is C28H12Cl2N2O8. The van der Waals surface area contributed by atoms with Gasteiger partial charge in [0.2, 0.25) is 0 Å². The van der Waals surface area contributed by atoms with Crippen LogP contribution in [0.5, 0.6) is 11.5 Å². The van der Waals surface area contributed by atoms with Crippen LogP contribution in [0.15, 0.2) is 72.8 Å². The van der Waals surface area contributed by atoms with Gasteiger partial charge in [0.1, 0.15) is 0 Å². The molecule has 0 spiro atoms. The summed E-state index contributed by atoms with van der Waals surface area (Å²) >= 11 is 11.0. The van der Waals surface area contributed by atoms with Gasteiger partial charge < -0.3 is 9.68 Å². The van der Waals surface area contributed by atoms with Gasteiger partial charge in [0.05, 0.1) is 22.3 Å². The molecule has 40 heavy (non-hydrogen) atoms. The molecule has 4 aromatic rings. The molecule has 12 heteroatoms. The molecule has 0 saturated heterocycles. The molecular weight excluding hydrogens is 563 g/mol. The minimum atomic E-state index is -0.787. The molecule has 0 saturated carbocycles. The lowest BCUT2D eigenvalue weighted by Gasteiger charge is -2.18. The topological polar surface area (TPSA) is 127 Å². The number of hydrogen-bond acceptors (Lipinski definition) is 8. The minimum Gasteiger partial charge on any atom is -0.368 e. The smallest absolute Gasteiger partial charge is 0.295 e. The fraction of sp³-hybridized carbons (Fsp3) is 0. The molecule has 0 N–H and O–H groups in total. The summed E-state index contributed by atoms with van der Waals surface area (Å²) in [6, 6.07) is 17.1. The average Bonchev–Trinajstić information content (AvgIpc) is 3.33. The maximum atomic E-state index is 13.0. The monoisotopic (exact) mass is 574 g/mol. The third-order valence-corrected chi connectivity index (χ3v) is 6.81. The van der Waals surface area contributed by atoms with Crippen LogP contribution in [0.1, 0.15) is 62.1 Å².